The van der Waals surface area contributed by atoms with Gasteiger partial charge in [0.1, 0.15) is 11.6 Å². The minimum absolute atomic E-state index is 0.0132. The van der Waals surface area contributed by atoms with Crippen molar-refractivity contribution in [1.29, 1.82) is 0 Å². The van der Waals surface area contributed by atoms with Crippen LogP contribution in [-0.4, -0.2) is 67.0 Å². The van der Waals surface area contributed by atoms with E-state index in [0.29, 0.717) is 38.4 Å². The largest absolute Gasteiger partial charge is 0.494 e. The molecule has 1 N–H and O–H groups in total. The molecule has 2 unspecified atom stereocenters. The maximum atomic E-state index is 13.9. The molecule has 5 rings (SSSR count). The van der Waals surface area contributed by atoms with E-state index in [2.05, 4.69) is 41.7 Å². The fourth-order valence-corrected chi connectivity index (χ4v) is 5.74. The van der Waals surface area contributed by atoms with E-state index in [9.17, 15) is 14.0 Å². The van der Waals surface area contributed by atoms with Gasteiger partial charge in [-0.3, -0.25) is 9.59 Å². The fraction of sp³-hybridized carbons (Fsp3) is 0.353. The highest BCUT2D eigenvalue weighted by molar-refractivity contribution is 6.03. The van der Waals surface area contributed by atoms with Crippen LogP contribution in [0.3, 0.4) is 0 Å². The molecule has 2 atom stereocenters. The quantitative estimate of drug-likeness (QED) is 0.362. The van der Waals surface area contributed by atoms with Gasteiger partial charge in [-0.2, -0.15) is 0 Å². The monoisotopic (exact) mass is 555 g/mol. The number of carbonyl (C=O) groups is 2. The van der Waals surface area contributed by atoms with E-state index in [-0.39, 0.29) is 29.7 Å². The summed E-state index contributed by atoms with van der Waals surface area (Å²) in [7, 11) is 1.87. The number of halogens is 1. The van der Waals surface area contributed by atoms with Gasteiger partial charge in [0, 0.05) is 45.2 Å². The minimum atomic E-state index is -0.273. The van der Waals surface area contributed by atoms with Crippen LogP contribution in [0.1, 0.15) is 36.5 Å². The zero-order valence-electron chi connectivity index (χ0n) is 23.8. The second-order valence-electron chi connectivity index (χ2n) is 11.0. The summed E-state index contributed by atoms with van der Waals surface area (Å²) >= 11 is 0. The molecule has 0 spiro atoms. The van der Waals surface area contributed by atoms with Gasteiger partial charge in [0.2, 0.25) is 5.91 Å². The molecule has 7 heteroatoms. The molecule has 0 saturated carbocycles. The number of hydrogen-bond acceptors (Lipinski definition) is 4. The minimum Gasteiger partial charge on any atom is -0.494 e. The van der Waals surface area contributed by atoms with Crippen LogP contribution in [0.25, 0.3) is 5.57 Å². The van der Waals surface area contributed by atoms with Crippen LogP contribution in [-0.2, 0) is 22.4 Å². The predicted molar refractivity (Wildman–Crippen MR) is 159 cm³/mol. The number of nitrogens with zero attached hydrogens (tertiary/aromatic N) is 2. The third-order valence-electron chi connectivity index (χ3n) is 8.00. The van der Waals surface area contributed by atoms with Crippen LogP contribution >= 0.6 is 0 Å². The van der Waals surface area contributed by atoms with Crippen LogP contribution < -0.4 is 10.1 Å². The molecule has 214 valence electrons. The summed E-state index contributed by atoms with van der Waals surface area (Å²) in [5, 5.41) is 3.63. The Bertz CT molecular complexity index is 1370. The second kappa shape index (κ2) is 13.1. The molecule has 6 nitrogen and oxygen atoms in total. The number of carbonyl (C=O) groups excluding carboxylic acids is 2. The van der Waals surface area contributed by atoms with Gasteiger partial charge >= 0.3 is 0 Å². The van der Waals surface area contributed by atoms with Crippen LogP contribution in [0.4, 0.5) is 4.39 Å². The summed E-state index contributed by atoms with van der Waals surface area (Å²) in [5.41, 5.74) is 5.29. The van der Waals surface area contributed by atoms with Crippen LogP contribution in [0.5, 0.6) is 5.75 Å². The standard InChI is InChI=1S/C34H38FN3O3/c1-24(39)38-22-29-21-31(27-12-10-26(11-13-27)9-6-20-41-30-16-14-28(35)15-17-30)33(32(23-38)36-29)34(40)37(2)19-18-25-7-4-3-5-8-25/h3-5,7-8,10-17,29,32,36H,6,9,18-23H2,1-2H3. The summed E-state index contributed by atoms with van der Waals surface area (Å²) in [5.74, 6) is 0.449. The number of amides is 2. The Morgan fingerprint density at radius 1 is 0.951 bits per heavy atom. The summed E-state index contributed by atoms with van der Waals surface area (Å²) < 4.78 is 18.8. The lowest BCUT2D eigenvalue weighted by atomic mass is 9.82. The zero-order chi connectivity index (χ0) is 28.8. The van der Waals surface area contributed by atoms with E-state index in [1.807, 2.05) is 35.0 Å². The molecule has 3 aromatic rings. The van der Waals surface area contributed by atoms with Crippen molar-refractivity contribution >= 4 is 17.4 Å². The van der Waals surface area contributed by atoms with Gasteiger partial charge < -0.3 is 19.9 Å². The summed E-state index contributed by atoms with van der Waals surface area (Å²) in [6.45, 7) is 3.91. The Morgan fingerprint density at radius 3 is 2.37 bits per heavy atom. The number of hydrogen-bond donors (Lipinski definition) is 1. The number of nitrogens with one attached hydrogen (secondary N) is 1. The Kier molecular flexibility index (Phi) is 9.14. The highest BCUT2D eigenvalue weighted by Gasteiger charge is 2.39. The first-order valence-electron chi connectivity index (χ1n) is 14.4. The van der Waals surface area contributed by atoms with Crippen molar-refractivity contribution in [2.24, 2.45) is 0 Å². The maximum absolute atomic E-state index is 13.9. The van der Waals surface area contributed by atoms with E-state index >= 15 is 0 Å². The predicted octanol–water partition coefficient (Wildman–Crippen LogP) is 4.88. The third-order valence-corrected chi connectivity index (χ3v) is 8.00. The molecule has 3 aromatic carbocycles. The summed E-state index contributed by atoms with van der Waals surface area (Å²) in [6, 6.07) is 24.7. The molecule has 2 heterocycles. The van der Waals surface area contributed by atoms with Gasteiger partial charge in [-0.1, -0.05) is 54.6 Å². The van der Waals surface area contributed by atoms with Crippen molar-refractivity contribution < 1.29 is 18.7 Å². The highest BCUT2D eigenvalue weighted by atomic mass is 19.1. The first-order valence-corrected chi connectivity index (χ1v) is 14.4. The van der Waals surface area contributed by atoms with Crippen molar-refractivity contribution in [3.8, 4) is 5.75 Å². The van der Waals surface area contributed by atoms with Crippen molar-refractivity contribution in [1.82, 2.24) is 15.1 Å². The van der Waals surface area contributed by atoms with Gasteiger partial charge in [-0.15, -0.1) is 0 Å². The second-order valence-corrected chi connectivity index (χ2v) is 11.0. The van der Waals surface area contributed by atoms with Gasteiger partial charge in [0.05, 0.1) is 12.6 Å². The van der Waals surface area contributed by atoms with Crippen LogP contribution in [0, 0.1) is 5.82 Å². The lowest BCUT2D eigenvalue weighted by molar-refractivity contribution is -0.132. The average Bonchev–Trinajstić information content (AvgIpc) is 2.99. The Hall–Kier alpha value is -3.97. The van der Waals surface area contributed by atoms with E-state index in [1.165, 1.54) is 23.3 Å². The van der Waals surface area contributed by atoms with E-state index in [0.717, 1.165) is 36.0 Å². The first-order chi connectivity index (χ1) is 19.9. The molecule has 0 aliphatic carbocycles. The Balaban J connectivity index is 1.30. The maximum Gasteiger partial charge on any atom is 0.251 e. The zero-order valence-corrected chi connectivity index (χ0v) is 23.8. The molecule has 2 aliphatic rings. The lowest BCUT2D eigenvalue weighted by Crippen LogP contribution is -2.61. The summed E-state index contributed by atoms with van der Waals surface area (Å²) in [4.78, 5) is 29.9. The topological polar surface area (TPSA) is 61.9 Å². The van der Waals surface area contributed by atoms with Gasteiger partial charge in [0.25, 0.3) is 5.91 Å². The molecule has 0 aromatic heterocycles. The van der Waals surface area contributed by atoms with E-state index in [1.54, 1.807) is 19.1 Å². The molecule has 2 bridgehead atoms. The number of likely N-dealkylation sites (N-methyl/N-ethyl adjacent to an activating group) is 1. The molecular weight excluding hydrogens is 517 g/mol. The van der Waals surface area contributed by atoms with Crippen molar-refractivity contribution in [2.75, 3.05) is 33.3 Å². The van der Waals surface area contributed by atoms with Gasteiger partial charge in [-0.25, -0.2) is 4.39 Å². The first kappa shape index (κ1) is 28.6. The molecular formula is C34H38FN3O3. The molecule has 1 fully saturated rings. The smallest absolute Gasteiger partial charge is 0.251 e. The lowest BCUT2D eigenvalue weighted by Gasteiger charge is -2.44. The third kappa shape index (κ3) is 7.22. The molecule has 2 amide bonds. The summed E-state index contributed by atoms with van der Waals surface area (Å²) in [6.07, 6.45) is 3.17. The van der Waals surface area contributed by atoms with Crippen molar-refractivity contribution in [3.05, 3.63) is 107 Å². The highest BCUT2D eigenvalue weighted by Crippen LogP contribution is 2.34. The number of ether oxygens (including phenoxy) is 1. The Labute approximate surface area is 241 Å². The number of rotatable bonds is 10. The number of aryl methyl sites for hydroxylation is 1. The van der Waals surface area contributed by atoms with Crippen molar-refractivity contribution in [3.63, 3.8) is 0 Å². The molecule has 1 saturated heterocycles. The van der Waals surface area contributed by atoms with Crippen LogP contribution in [0.2, 0.25) is 0 Å². The molecule has 41 heavy (non-hydrogen) atoms. The van der Waals surface area contributed by atoms with Gasteiger partial charge in [-0.05, 0) is 72.2 Å². The number of benzene rings is 3. The average molecular weight is 556 g/mol. The normalized spacial score (nSPS) is 18.3. The fourth-order valence-electron chi connectivity index (χ4n) is 5.74. The molecule has 2 aliphatic heterocycles. The number of piperazine rings is 1. The SMILES string of the molecule is CC(=O)N1CC2CC(c3ccc(CCCOc4ccc(F)cc4)cc3)=C(C(=O)N(C)CCc3ccccc3)C(C1)N2. The Morgan fingerprint density at radius 2 is 1.66 bits per heavy atom. The van der Waals surface area contributed by atoms with Crippen molar-refractivity contribution in [2.45, 2.75) is 44.7 Å². The number of fused-ring (bicyclic) bond motifs is 2. The van der Waals surface area contributed by atoms with Crippen LogP contribution in [0.15, 0.2) is 84.4 Å². The van der Waals surface area contributed by atoms with E-state index < -0.39 is 0 Å². The van der Waals surface area contributed by atoms with Gasteiger partial charge in [0.15, 0.2) is 0 Å². The molecule has 0 radical (unpaired) electrons. The van der Waals surface area contributed by atoms with E-state index in [4.69, 9.17) is 4.74 Å².